The highest BCUT2D eigenvalue weighted by Crippen LogP contribution is 2.39. The minimum Gasteiger partial charge on any atom is -0.352 e. The number of carbonyl (C=O) groups excluding carboxylic acids is 2. The van der Waals surface area contributed by atoms with Crippen molar-refractivity contribution < 1.29 is 9.59 Å². The Bertz CT molecular complexity index is 1020. The van der Waals surface area contributed by atoms with E-state index in [0.717, 1.165) is 24.1 Å². The van der Waals surface area contributed by atoms with Gasteiger partial charge < -0.3 is 14.8 Å². The van der Waals surface area contributed by atoms with E-state index in [9.17, 15) is 9.59 Å². The fraction of sp³-hybridized carbons (Fsp3) is 0.261. The fourth-order valence-electron chi connectivity index (χ4n) is 3.47. The molecule has 0 bridgehead atoms. The quantitative estimate of drug-likeness (QED) is 0.519. The van der Waals surface area contributed by atoms with Gasteiger partial charge in [0.15, 0.2) is 0 Å². The van der Waals surface area contributed by atoms with Crippen LogP contribution in [0.15, 0.2) is 67.3 Å². The van der Waals surface area contributed by atoms with E-state index in [1.165, 1.54) is 0 Å². The molecule has 0 unspecified atom stereocenters. The highest BCUT2D eigenvalue weighted by atomic mass is 35.5. The number of imidazole rings is 1. The van der Waals surface area contributed by atoms with Crippen molar-refractivity contribution in [3.05, 3.63) is 89.0 Å². The zero-order valence-electron chi connectivity index (χ0n) is 16.9. The number of aryl methyl sites for hydroxylation is 1. The van der Waals surface area contributed by atoms with E-state index in [1.54, 1.807) is 24.3 Å². The minimum absolute atomic E-state index is 0.0598. The molecule has 1 aliphatic heterocycles. The van der Waals surface area contributed by atoms with Gasteiger partial charge in [-0.25, -0.2) is 4.98 Å². The number of hydrogen-bond donors (Lipinski definition) is 1. The van der Waals surface area contributed by atoms with Crippen molar-refractivity contribution in [3.63, 3.8) is 0 Å². The van der Waals surface area contributed by atoms with E-state index in [0.29, 0.717) is 29.4 Å². The summed E-state index contributed by atoms with van der Waals surface area (Å²) in [6, 6.07) is 15.1. The highest BCUT2D eigenvalue weighted by Gasteiger charge is 2.32. The number of thioether (sulfide) groups is 1. The molecule has 2 heterocycles. The van der Waals surface area contributed by atoms with Crippen LogP contribution in [0.1, 0.15) is 33.3 Å². The molecular weight excluding hydrogens is 432 g/mol. The van der Waals surface area contributed by atoms with Gasteiger partial charge in [0.05, 0.1) is 12.1 Å². The van der Waals surface area contributed by atoms with E-state index in [-0.39, 0.29) is 17.2 Å². The molecule has 1 N–H and O–H groups in total. The molecule has 1 aliphatic rings. The largest absolute Gasteiger partial charge is 0.352 e. The Morgan fingerprint density at radius 3 is 2.65 bits per heavy atom. The second-order valence-corrected chi connectivity index (χ2v) is 8.85. The Kier molecular flexibility index (Phi) is 6.94. The number of nitrogens with one attached hydrogen (secondary N) is 1. The van der Waals surface area contributed by atoms with Gasteiger partial charge in [-0.05, 0) is 41.8 Å². The first kappa shape index (κ1) is 21.5. The summed E-state index contributed by atoms with van der Waals surface area (Å²) in [6.07, 6.45) is 6.25. The predicted octanol–water partition coefficient (Wildman–Crippen LogP) is 4.13. The Hall–Kier alpha value is -2.77. The van der Waals surface area contributed by atoms with Crippen molar-refractivity contribution >= 4 is 35.2 Å². The number of benzene rings is 2. The summed E-state index contributed by atoms with van der Waals surface area (Å²) in [4.78, 5) is 30.7. The van der Waals surface area contributed by atoms with Crippen molar-refractivity contribution in [2.24, 2.45) is 0 Å². The molecule has 31 heavy (non-hydrogen) atoms. The summed E-state index contributed by atoms with van der Waals surface area (Å²) in [6.45, 7) is 1.95. The molecule has 6 nitrogen and oxygen atoms in total. The van der Waals surface area contributed by atoms with Gasteiger partial charge >= 0.3 is 0 Å². The number of nitrogens with zero attached hydrogens (tertiary/aromatic N) is 3. The summed E-state index contributed by atoms with van der Waals surface area (Å²) < 4.78 is 1.98. The van der Waals surface area contributed by atoms with Gasteiger partial charge in [0.2, 0.25) is 5.91 Å². The standard InChI is InChI=1S/C23H23ClN4O2S/c24-20-8-2-17(3-9-20)14-28-21(29)15-31-23(28)19-6-4-18(5-7-19)22(30)26-10-1-12-27-13-11-25-16-27/h2-9,11,13,16,23H,1,10,12,14-15H2,(H,26,30)/t23-/m1/s1. The van der Waals surface area contributed by atoms with Gasteiger partial charge in [0.25, 0.3) is 5.91 Å². The molecular formula is C23H23ClN4O2S. The van der Waals surface area contributed by atoms with Crippen LogP contribution in [0.3, 0.4) is 0 Å². The maximum atomic E-state index is 12.4. The summed E-state index contributed by atoms with van der Waals surface area (Å²) in [5, 5.41) is 3.57. The van der Waals surface area contributed by atoms with Crippen molar-refractivity contribution in [3.8, 4) is 0 Å². The molecule has 0 aliphatic carbocycles. The smallest absolute Gasteiger partial charge is 0.251 e. The van der Waals surface area contributed by atoms with Gasteiger partial charge in [-0.15, -0.1) is 11.8 Å². The van der Waals surface area contributed by atoms with Crippen LogP contribution in [0.2, 0.25) is 5.02 Å². The molecule has 0 saturated carbocycles. The molecule has 1 saturated heterocycles. The number of amides is 2. The number of rotatable bonds is 8. The number of halogens is 1. The molecule has 2 amide bonds. The third-order valence-electron chi connectivity index (χ3n) is 5.13. The van der Waals surface area contributed by atoms with Crippen LogP contribution in [0, 0.1) is 0 Å². The monoisotopic (exact) mass is 454 g/mol. The lowest BCUT2D eigenvalue weighted by Gasteiger charge is -2.24. The molecule has 1 fully saturated rings. The summed E-state index contributed by atoms with van der Waals surface area (Å²) >= 11 is 7.57. The molecule has 0 spiro atoms. The molecule has 2 aromatic carbocycles. The fourth-order valence-corrected chi connectivity index (χ4v) is 4.79. The first-order chi connectivity index (χ1) is 15.1. The third kappa shape index (κ3) is 5.48. The topological polar surface area (TPSA) is 67.2 Å². The SMILES string of the molecule is O=C(NCCCn1ccnc1)c1ccc([C@H]2SCC(=O)N2Cc2ccc(Cl)cc2)cc1. The van der Waals surface area contributed by atoms with Crippen LogP contribution in [0.4, 0.5) is 0 Å². The van der Waals surface area contributed by atoms with Gasteiger partial charge in [-0.3, -0.25) is 9.59 Å². The zero-order chi connectivity index (χ0) is 21.6. The predicted molar refractivity (Wildman–Crippen MR) is 123 cm³/mol. The Balaban J connectivity index is 1.34. The Labute approximate surface area is 190 Å². The van der Waals surface area contributed by atoms with Crippen LogP contribution in [0.5, 0.6) is 0 Å². The average molecular weight is 455 g/mol. The Morgan fingerprint density at radius 1 is 1.16 bits per heavy atom. The van der Waals surface area contributed by atoms with Crippen LogP contribution in [0.25, 0.3) is 0 Å². The van der Waals surface area contributed by atoms with Gasteiger partial charge in [-0.1, -0.05) is 35.9 Å². The number of aromatic nitrogens is 2. The van der Waals surface area contributed by atoms with Gasteiger partial charge in [0.1, 0.15) is 5.37 Å². The lowest BCUT2D eigenvalue weighted by molar-refractivity contribution is -0.128. The molecule has 0 radical (unpaired) electrons. The van der Waals surface area contributed by atoms with Crippen molar-refractivity contribution in [1.82, 2.24) is 19.8 Å². The maximum Gasteiger partial charge on any atom is 0.251 e. The van der Waals surface area contributed by atoms with E-state index in [1.807, 2.05) is 64.2 Å². The summed E-state index contributed by atoms with van der Waals surface area (Å²) in [5.74, 6) is 0.479. The normalized spacial score (nSPS) is 16.0. The van der Waals surface area contributed by atoms with E-state index in [4.69, 9.17) is 11.6 Å². The molecule has 8 heteroatoms. The first-order valence-electron chi connectivity index (χ1n) is 10.1. The lowest BCUT2D eigenvalue weighted by atomic mass is 10.1. The second kappa shape index (κ2) is 10.0. The minimum atomic E-state index is -0.0923. The van der Waals surface area contributed by atoms with E-state index >= 15 is 0 Å². The van der Waals surface area contributed by atoms with Crippen LogP contribution >= 0.6 is 23.4 Å². The molecule has 160 valence electrons. The molecule has 4 rings (SSSR count). The van der Waals surface area contributed by atoms with Crippen molar-refractivity contribution in [1.29, 1.82) is 0 Å². The van der Waals surface area contributed by atoms with Crippen molar-refractivity contribution in [2.75, 3.05) is 12.3 Å². The molecule has 1 atom stereocenters. The highest BCUT2D eigenvalue weighted by molar-refractivity contribution is 8.00. The summed E-state index contributed by atoms with van der Waals surface area (Å²) in [7, 11) is 0. The molecule has 3 aromatic rings. The van der Waals surface area contributed by atoms with Gasteiger partial charge in [0, 0.05) is 42.6 Å². The van der Waals surface area contributed by atoms with Crippen molar-refractivity contribution in [2.45, 2.75) is 24.9 Å². The van der Waals surface area contributed by atoms with Gasteiger partial charge in [-0.2, -0.15) is 0 Å². The van der Waals surface area contributed by atoms with Crippen LogP contribution in [-0.4, -0.2) is 38.6 Å². The zero-order valence-corrected chi connectivity index (χ0v) is 18.5. The lowest BCUT2D eigenvalue weighted by Crippen LogP contribution is -2.28. The second-order valence-electron chi connectivity index (χ2n) is 7.34. The summed E-state index contributed by atoms with van der Waals surface area (Å²) in [5.41, 5.74) is 2.67. The molecule has 1 aromatic heterocycles. The van der Waals surface area contributed by atoms with E-state index in [2.05, 4.69) is 10.3 Å². The number of carbonyl (C=O) groups is 2. The number of hydrogen-bond acceptors (Lipinski definition) is 4. The Morgan fingerprint density at radius 2 is 1.94 bits per heavy atom. The average Bonchev–Trinajstić information content (AvgIpc) is 3.43. The third-order valence-corrected chi connectivity index (χ3v) is 6.64. The van der Waals surface area contributed by atoms with Crippen LogP contribution < -0.4 is 5.32 Å². The first-order valence-corrected chi connectivity index (χ1v) is 11.5. The van der Waals surface area contributed by atoms with Crippen LogP contribution in [-0.2, 0) is 17.9 Å². The maximum absolute atomic E-state index is 12.4. The van der Waals surface area contributed by atoms with E-state index < -0.39 is 0 Å².